The van der Waals surface area contributed by atoms with E-state index in [9.17, 15) is 13.2 Å². The molecule has 0 saturated carbocycles. The van der Waals surface area contributed by atoms with Gasteiger partial charge in [0.1, 0.15) is 18.1 Å². The van der Waals surface area contributed by atoms with E-state index in [-0.39, 0.29) is 12.4 Å². The third-order valence-electron chi connectivity index (χ3n) is 2.94. The second kappa shape index (κ2) is 10.4. The highest BCUT2D eigenvalue weighted by Crippen LogP contribution is 2.15. The number of ether oxygens (including phenoxy) is 1. The van der Waals surface area contributed by atoms with Crippen LogP contribution in [0.5, 0.6) is 5.75 Å². The Morgan fingerprint density at radius 3 is 2.26 bits per heavy atom. The van der Waals surface area contributed by atoms with Crippen molar-refractivity contribution in [1.29, 1.82) is 0 Å². The molecule has 0 aliphatic rings. The molecule has 0 aromatic heterocycles. The van der Waals surface area contributed by atoms with Crippen LogP contribution in [0, 0.1) is 0 Å². The molecule has 0 aliphatic carbocycles. The number of hydrogen-bond acceptors (Lipinski definition) is 5. The van der Waals surface area contributed by atoms with E-state index < -0.39 is 21.7 Å². The Hall–Kier alpha value is -1.35. The van der Waals surface area contributed by atoms with Crippen LogP contribution in [-0.4, -0.2) is 50.6 Å². The number of carbonyl (C=O) groups excluding carboxylic acids is 1. The first-order chi connectivity index (χ1) is 10.4. The average molecular weight is 366 g/mol. The van der Waals surface area contributed by atoms with Gasteiger partial charge in [-0.25, -0.2) is 12.7 Å². The van der Waals surface area contributed by atoms with Crippen LogP contribution in [0.25, 0.3) is 0 Å². The minimum atomic E-state index is -3.58. The lowest BCUT2D eigenvalue weighted by Gasteiger charge is -2.17. The molecule has 0 aliphatic heterocycles. The maximum absolute atomic E-state index is 12.0. The fourth-order valence-corrected chi connectivity index (χ4v) is 3.26. The second-order valence-corrected chi connectivity index (χ2v) is 6.52. The van der Waals surface area contributed by atoms with Gasteiger partial charge in [0.05, 0.1) is 0 Å². The van der Waals surface area contributed by atoms with E-state index in [2.05, 4.69) is 5.32 Å². The van der Waals surface area contributed by atoms with E-state index in [0.29, 0.717) is 37.7 Å². The Labute approximate surface area is 143 Å². The summed E-state index contributed by atoms with van der Waals surface area (Å²) >= 11 is 0. The zero-order chi connectivity index (χ0) is 16.6. The summed E-state index contributed by atoms with van der Waals surface area (Å²) in [5.41, 5.74) is 5.85. The third kappa shape index (κ3) is 7.17. The molecule has 1 aromatic rings. The van der Waals surface area contributed by atoms with Crippen LogP contribution in [-0.2, 0) is 14.8 Å². The molecule has 0 radical (unpaired) electrons. The number of carbonyl (C=O) groups is 1. The summed E-state index contributed by atoms with van der Waals surface area (Å²) in [5.74, 6) is -0.498. The molecule has 1 amide bonds. The first kappa shape index (κ1) is 21.6. The van der Waals surface area contributed by atoms with Gasteiger partial charge in [0.25, 0.3) is 0 Å². The van der Waals surface area contributed by atoms with Gasteiger partial charge in [-0.3, -0.25) is 4.79 Å². The van der Waals surface area contributed by atoms with Crippen molar-refractivity contribution in [2.75, 3.05) is 37.3 Å². The SMILES string of the molecule is CCN(CC)S(=O)(=O)CC(=O)Nc1ccc(OCCN)cc1.Cl. The quantitative estimate of drug-likeness (QED) is 0.681. The summed E-state index contributed by atoms with van der Waals surface area (Å²) in [4.78, 5) is 11.9. The van der Waals surface area contributed by atoms with Gasteiger partial charge >= 0.3 is 0 Å². The lowest BCUT2D eigenvalue weighted by Crippen LogP contribution is -2.36. The molecular formula is C14H24ClN3O4S. The number of halogens is 1. The average Bonchev–Trinajstić information content (AvgIpc) is 2.46. The zero-order valence-electron chi connectivity index (χ0n) is 13.3. The summed E-state index contributed by atoms with van der Waals surface area (Å²) in [7, 11) is -3.58. The standard InChI is InChI=1S/C14H23N3O4S.ClH/c1-3-17(4-2)22(19,20)11-14(18)16-12-5-7-13(8-6-12)21-10-9-15;/h5-8H,3-4,9-11,15H2,1-2H3,(H,16,18);1H. The maximum atomic E-state index is 12.0. The van der Waals surface area contributed by atoms with Crippen LogP contribution >= 0.6 is 12.4 Å². The molecule has 3 N–H and O–H groups in total. The third-order valence-corrected chi connectivity index (χ3v) is 4.87. The fraction of sp³-hybridized carbons (Fsp3) is 0.500. The number of anilines is 1. The molecule has 0 unspecified atom stereocenters. The molecular weight excluding hydrogens is 342 g/mol. The van der Waals surface area contributed by atoms with Gasteiger partial charge in [-0.2, -0.15) is 0 Å². The minimum absolute atomic E-state index is 0. The molecule has 7 nitrogen and oxygen atoms in total. The van der Waals surface area contributed by atoms with Gasteiger partial charge in [0.2, 0.25) is 15.9 Å². The number of nitrogens with one attached hydrogen (secondary N) is 1. The van der Waals surface area contributed by atoms with E-state index in [4.69, 9.17) is 10.5 Å². The van der Waals surface area contributed by atoms with E-state index in [1.807, 2.05) is 0 Å². The van der Waals surface area contributed by atoms with Crippen molar-refractivity contribution < 1.29 is 17.9 Å². The van der Waals surface area contributed by atoms with Crippen LogP contribution in [0.3, 0.4) is 0 Å². The molecule has 9 heteroatoms. The topological polar surface area (TPSA) is 102 Å². The first-order valence-corrected chi connectivity index (χ1v) is 8.74. The summed E-state index contributed by atoms with van der Waals surface area (Å²) in [6, 6.07) is 6.66. The van der Waals surface area contributed by atoms with Crippen molar-refractivity contribution in [3.8, 4) is 5.75 Å². The van der Waals surface area contributed by atoms with E-state index in [0.717, 1.165) is 0 Å². The summed E-state index contributed by atoms with van der Waals surface area (Å²) in [6.07, 6.45) is 0. The largest absolute Gasteiger partial charge is 0.492 e. The van der Waals surface area contributed by atoms with Gasteiger partial charge in [0.15, 0.2) is 0 Å². The number of amides is 1. The molecule has 0 fully saturated rings. The van der Waals surface area contributed by atoms with Gasteiger partial charge in [-0.1, -0.05) is 13.8 Å². The highest BCUT2D eigenvalue weighted by atomic mass is 35.5. The highest BCUT2D eigenvalue weighted by Gasteiger charge is 2.22. The van der Waals surface area contributed by atoms with E-state index >= 15 is 0 Å². The van der Waals surface area contributed by atoms with Crippen LogP contribution in [0.15, 0.2) is 24.3 Å². The van der Waals surface area contributed by atoms with Crippen molar-refractivity contribution in [2.45, 2.75) is 13.8 Å². The molecule has 0 atom stereocenters. The Morgan fingerprint density at radius 1 is 1.22 bits per heavy atom. The molecule has 23 heavy (non-hydrogen) atoms. The van der Waals surface area contributed by atoms with Gasteiger partial charge < -0.3 is 15.8 Å². The lowest BCUT2D eigenvalue weighted by molar-refractivity contribution is -0.113. The number of hydrogen-bond donors (Lipinski definition) is 2. The molecule has 0 saturated heterocycles. The molecule has 0 heterocycles. The van der Waals surface area contributed by atoms with Crippen molar-refractivity contribution in [3.63, 3.8) is 0 Å². The number of rotatable bonds is 9. The molecule has 0 bridgehead atoms. The smallest absolute Gasteiger partial charge is 0.241 e. The monoisotopic (exact) mass is 365 g/mol. The number of nitrogens with two attached hydrogens (primary N) is 1. The van der Waals surface area contributed by atoms with Gasteiger partial charge in [0, 0.05) is 25.3 Å². The summed E-state index contributed by atoms with van der Waals surface area (Å²) < 4.78 is 30.6. The van der Waals surface area contributed by atoms with Crippen molar-refractivity contribution in [2.24, 2.45) is 5.73 Å². The molecule has 1 rings (SSSR count). The number of nitrogens with zero attached hydrogens (tertiary/aromatic N) is 1. The van der Waals surface area contributed by atoms with Crippen molar-refractivity contribution in [1.82, 2.24) is 4.31 Å². The summed E-state index contributed by atoms with van der Waals surface area (Å²) in [5, 5.41) is 2.56. The number of sulfonamides is 1. The highest BCUT2D eigenvalue weighted by molar-refractivity contribution is 7.89. The Balaban J connectivity index is 0.00000484. The first-order valence-electron chi connectivity index (χ1n) is 7.13. The van der Waals surface area contributed by atoms with Crippen LogP contribution in [0.1, 0.15) is 13.8 Å². The van der Waals surface area contributed by atoms with Gasteiger partial charge in [-0.05, 0) is 24.3 Å². The van der Waals surface area contributed by atoms with Crippen molar-refractivity contribution in [3.05, 3.63) is 24.3 Å². The van der Waals surface area contributed by atoms with Gasteiger partial charge in [-0.15, -0.1) is 12.4 Å². The number of benzene rings is 1. The minimum Gasteiger partial charge on any atom is -0.492 e. The maximum Gasteiger partial charge on any atom is 0.241 e. The molecule has 0 spiro atoms. The normalized spacial score (nSPS) is 11.0. The van der Waals surface area contributed by atoms with E-state index in [1.165, 1.54) is 4.31 Å². The molecule has 132 valence electrons. The predicted octanol–water partition coefficient (Wildman–Crippen LogP) is 1.06. The van der Waals surface area contributed by atoms with Crippen LogP contribution in [0.4, 0.5) is 5.69 Å². The Morgan fingerprint density at radius 2 is 1.78 bits per heavy atom. The van der Waals surface area contributed by atoms with Crippen LogP contribution in [0.2, 0.25) is 0 Å². The zero-order valence-corrected chi connectivity index (χ0v) is 15.0. The lowest BCUT2D eigenvalue weighted by atomic mass is 10.3. The fourth-order valence-electron chi connectivity index (χ4n) is 1.88. The second-order valence-electron chi connectivity index (χ2n) is 4.55. The van der Waals surface area contributed by atoms with Crippen LogP contribution < -0.4 is 15.8 Å². The Kier molecular flexibility index (Phi) is 9.82. The predicted molar refractivity (Wildman–Crippen MR) is 93.6 cm³/mol. The Bertz CT molecular complexity index is 574. The van der Waals surface area contributed by atoms with E-state index in [1.54, 1.807) is 38.1 Å². The summed E-state index contributed by atoms with van der Waals surface area (Å²) in [6.45, 7) is 4.99. The van der Waals surface area contributed by atoms with Crippen molar-refractivity contribution >= 4 is 34.0 Å². The molecule has 1 aromatic carbocycles.